The first-order chi connectivity index (χ1) is 10.6. The summed E-state index contributed by atoms with van der Waals surface area (Å²) >= 11 is 0. The first kappa shape index (κ1) is 14.3. The molecule has 0 aliphatic heterocycles. The number of aromatic nitrogens is 1. The molecule has 2 heterocycles. The molecule has 4 nitrogen and oxygen atoms in total. The fraction of sp³-hybridized carbons (Fsp3) is 0.222. The van der Waals surface area contributed by atoms with Crippen LogP contribution in [0.1, 0.15) is 22.3 Å². The molecule has 22 heavy (non-hydrogen) atoms. The second-order valence-electron chi connectivity index (χ2n) is 5.51. The summed E-state index contributed by atoms with van der Waals surface area (Å²) < 4.78 is 5.56. The van der Waals surface area contributed by atoms with Crippen LogP contribution >= 0.6 is 0 Å². The van der Waals surface area contributed by atoms with Gasteiger partial charge in [-0.25, -0.2) is 0 Å². The average Bonchev–Trinajstić information content (AvgIpc) is 2.89. The highest BCUT2D eigenvalue weighted by molar-refractivity contribution is 5.88. The first-order valence-electron chi connectivity index (χ1n) is 7.26. The third kappa shape index (κ3) is 3.01. The van der Waals surface area contributed by atoms with E-state index in [2.05, 4.69) is 30.2 Å². The van der Waals surface area contributed by atoms with Gasteiger partial charge in [-0.2, -0.15) is 0 Å². The van der Waals surface area contributed by atoms with Crippen LogP contribution in [0.3, 0.4) is 0 Å². The van der Waals surface area contributed by atoms with Crippen LogP contribution in [0.4, 0.5) is 0 Å². The summed E-state index contributed by atoms with van der Waals surface area (Å²) in [6, 6.07) is 7.89. The number of carbonyl (C=O) groups is 1. The fourth-order valence-corrected chi connectivity index (χ4v) is 2.41. The van der Waals surface area contributed by atoms with Gasteiger partial charge < -0.3 is 9.73 Å². The maximum atomic E-state index is 12.1. The largest absolute Gasteiger partial charge is 0.464 e. The second-order valence-corrected chi connectivity index (χ2v) is 5.51. The molecule has 0 aliphatic carbocycles. The lowest BCUT2D eigenvalue weighted by molar-refractivity contribution is -0.120. The molecule has 0 atom stereocenters. The Morgan fingerprint density at radius 2 is 2.09 bits per heavy atom. The summed E-state index contributed by atoms with van der Waals surface area (Å²) in [5, 5.41) is 3.92. The molecule has 1 N–H and O–H groups in total. The summed E-state index contributed by atoms with van der Waals surface area (Å²) in [6.45, 7) is 4.60. The highest BCUT2D eigenvalue weighted by Crippen LogP contribution is 2.25. The van der Waals surface area contributed by atoms with Crippen LogP contribution in [0.25, 0.3) is 11.0 Å². The number of hydrogen-bond acceptors (Lipinski definition) is 3. The standard InChI is InChI=1S/C18H18N2O2/c1-12-6-16-15(11-22-17(16)7-13(12)2)8-18(21)20-10-14-4-3-5-19-9-14/h3-7,9,11H,8,10H2,1-2H3,(H,20,21). The average molecular weight is 294 g/mol. The van der Waals surface area contributed by atoms with Gasteiger partial charge in [-0.15, -0.1) is 0 Å². The Hall–Kier alpha value is -2.62. The normalized spacial score (nSPS) is 10.8. The van der Waals surface area contributed by atoms with E-state index in [0.717, 1.165) is 22.1 Å². The van der Waals surface area contributed by atoms with Gasteiger partial charge in [0, 0.05) is 29.9 Å². The molecule has 0 spiro atoms. The van der Waals surface area contributed by atoms with Gasteiger partial charge in [-0.1, -0.05) is 6.07 Å². The number of nitrogens with one attached hydrogen (secondary N) is 1. The lowest BCUT2D eigenvalue weighted by atomic mass is 10.0. The van der Waals surface area contributed by atoms with Crippen LogP contribution in [0.2, 0.25) is 0 Å². The molecular formula is C18H18N2O2. The number of aryl methyl sites for hydroxylation is 2. The molecule has 1 amide bonds. The van der Waals surface area contributed by atoms with Crippen molar-refractivity contribution in [3.63, 3.8) is 0 Å². The van der Waals surface area contributed by atoms with Crippen LogP contribution in [0.5, 0.6) is 0 Å². The smallest absolute Gasteiger partial charge is 0.224 e. The van der Waals surface area contributed by atoms with Gasteiger partial charge >= 0.3 is 0 Å². The van der Waals surface area contributed by atoms with Gasteiger partial charge in [-0.3, -0.25) is 9.78 Å². The zero-order chi connectivity index (χ0) is 15.5. The Labute approximate surface area is 129 Å². The Kier molecular flexibility index (Phi) is 3.92. The van der Waals surface area contributed by atoms with E-state index in [4.69, 9.17) is 4.42 Å². The summed E-state index contributed by atoms with van der Waals surface area (Å²) in [5.74, 6) is -0.0234. The van der Waals surface area contributed by atoms with E-state index < -0.39 is 0 Å². The van der Waals surface area contributed by atoms with E-state index >= 15 is 0 Å². The zero-order valence-corrected chi connectivity index (χ0v) is 12.7. The molecular weight excluding hydrogens is 276 g/mol. The summed E-state index contributed by atoms with van der Waals surface area (Å²) in [4.78, 5) is 16.1. The van der Waals surface area contributed by atoms with Gasteiger partial charge in [0.15, 0.2) is 0 Å². The van der Waals surface area contributed by atoms with Gasteiger partial charge in [0.2, 0.25) is 5.91 Å². The first-order valence-corrected chi connectivity index (χ1v) is 7.26. The van der Waals surface area contributed by atoms with Crippen molar-refractivity contribution >= 4 is 16.9 Å². The molecule has 0 bridgehead atoms. The van der Waals surface area contributed by atoms with Crippen LogP contribution in [0.15, 0.2) is 47.3 Å². The number of nitrogens with zero attached hydrogens (tertiary/aromatic N) is 1. The molecule has 0 saturated carbocycles. The molecule has 3 rings (SSSR count). The molecule has 4 heteroatoms. The minimum atomic E-state index is -0.0234. The number of furan rings is 1. The molecule has 0 radical (unpaired) electrons. The van der Waals surface area contributed by atoms with Crippen molar-refractivity contribution in [1.29, 1.82) is 0 Å². The van der Waals surface area contributed by atoms with Crippen LogP contribution in [0, 0.1) is 13.8 Å². The van der Waals surface area contributed by atoms with Gasteiger partial charge in [-0.05, 0) is 48.7 Å². The molecule has 0 unspecified atom stereocenters. The van der Waals surface area contributed by atoms with E-state index in [-0.39, 0.29) is 5.91 Å². The molecule has 1 aromatic carbocycles. The van der Waals surface area contributed by atoms with Crippen LogP contribution in [-0.2, 0) is 17.8 Å². The van der Waals surface area contributed by atoms with E-state index in [1.807, 2.05) is 18.2 Å². The Morgan fingerprint density at radius 3 is 2.86 bits per heavy atom. The number of carbonyl (C=O) groups excluding carboxylic acids is 1. The number of pyridine rings is 1. The van der Waals surface area contributed by atoms with Crippen molar-refractivity contribution in [2.75, 3.05) is 0 Å². The molecule has 0 saturated heterocycles. The zero-order valence-electron chi connectivity index (χ0n) is 12.7. The number of amides is 1. The third-order valence-corrected chi connectivity index (χ3v) is 3.83. The van der Waals surface area contributed by atoms with Crippen molar-refractivity contribution < 1.29 is 9.21 Å². The molecule has 2 aromatic heterocycles. The lowest BCUT2D eigenvalue weighted by Crippen LogP contribution is -2.24. The number of hydrogen-bond donors (Lipinski definition) is 1. The van der Waals surface area contributed by atoms with E-state index in [1.165, 1.54) is 11.1 Å². The fourth-order valence-electron chi connectivity index (χ4n) is 2.41. The topological polar surface area (TPSA) is 55.1 Å². The minimum absolute atomic E-state index is 0.0234. The predicted molar refractivity (Wildman–Crippen MR) is 85.5 cm³/mol. The summed E-state index contributed by atoms with van der Waals surface area (Å²) in [6.07, 6.45) is 5.45. The summed E-state index contributed by atoms with van der Waals surface area (Å²) in [5.41, 5.74) is 5.12. The van der Waals surface area contributed by atoms with Crippen molar-refractivity contribution in [2.24, 2.45) is 0 Å². The van der Waals surface area contributed by atoms with Gasteiger partial charge in [0.25, 0.3) is 0 Å². The van der Waals surface area contributed by atoms with E-state index in [1.54, 1.807) is 18.7 Å². The molecule has 112 valence electrons. The number of fused-ring (bicyclic) bond motifs is 1. The van der Waals surface area contributed by atoms with Crippen LogP contribution < -0.4 is 5.32 Å². The second kappa shape index (κ2) is 6.02. The monoisotopic (exact) mass is 294 g/mol. The summed E-state index contributed by atoms with van der Waals surface area (Å²) in [7, 11) is 0. The minimum Gasteiger partial charge on any atom is -0.464 e. The van der Waals surface area contributed by atoms with Crippen molar-refractivity contribution in [1.82, 2.24) is 10.3 Å². The Bertz CT molecular complexity index is 807. The van der Waals surface area contributed by atoms with Gasteiger partial charge in [0.05, 0.1) is 12.7 Å². The highest BCUT2D eigenvalue weighted by Gasteiger charge is 2.11. The van der Waals surface area contributed by atoms with Crippen molar-refractivity contribution in [3.8, 4) is 0 Å². The molecule has 0 aliphatic rings. The predicted octanol–water partition coefficient (Wildman–Crippen LogP) is 3.30. The molecule has 0 fully saturated rings. The number of rotatable bonds is 4. The van der Waals surface area contributed by atoms with Crippen LogP contribution in [-0.4, -0.2) is 10.9 Å². The van der Waals surface area contributed by atoms with Gasteiger partial charge in [0.1, 0.15) is 5.58 Å². The molecule has 3 aromatic rings. The SMILES string of the molecule is Cc1cc2occ(CC(=O)NCc3cccnc3)c2cc1C. The lowest BCUT2D eigenvalue weighted by Gasteiger charge is -2.05. The quantitative estimate of drug-likeness (QED) is 0.803. The van der Waals surface area contributed by atoms with Crippen molar-refractivity contribution in [3.05, 3.63) is 65.2 Å². The number of benzene rings is 1. The van der Waals surface area contributed by atoms with E-state index in [9.17, 15) is 4.79 Å². The highest BCUT2D eigenvalue weighted by atomic mass is 16.3. The van der Waals surface area contributed by atoms with Crippen molar-refractivity contribution in [2.45, 2.75) is 26.8 Å². The van der Waals surface area contributed by atoms with E-state index in [0.29, 0.717) is 13.0 Å². The Balaban J connectivity index is 1.70. The maximum Gasteiger partial charge on any atom is 0.224 e. The third-order valence-electron chi connectivity index (χ3n) is 3.83. The Morgan fingerprint density at radius 1 is 1.27 bits per heavy atom. The maximum absolute atomic E-state index is 12.1.